The summed E-state index contributed by atoms with van der Waals surface area (Å²) in [6.07, 6.45) is 0. The summed E-state index contributed by atoms with van der Waals surface area (Å²) in [6.45, 7) is 2.49. The number of hydrogen-bond donors (Lipinski definition) is 0. The monoisotopic (exact) mass is 336 g/mol. The predicted octanol–water partition coefficient (Wildman–Crippen LogP) is 1.37. The lowest BCUT2D eigenvalue weighted by atomic mass is 9.89. The first-order chi connectivity index (χ1) is 10.9. The number of nitrogens with zero attached hydrogens (tertiary/aromatic N) is 4. The Balaban J connectivity index is 1.98. The van der Waals surface area contributed by atoms with Gasteiger partial charge in [-0.1, -0.05) is 35.5 Å². The second-order valence-electron chi connectivity index (χ2n) is 5.91. The van der Waals surface area contributed by atoms with E-state index >= 15 is 0 Å². The Morgan fingerprint density at radius 1 is 1.17 bits per heavy atom. The van der Waals surface area contributed by atoms with Crippen molar-refractivity contribution >= 4 is 10.2 Å². The van der Waals surface area contributed by atoms with Gasteiger partial charge in [0, 0.05) is 33.1 Å². The Hall–Kier alpha value is -1.77. The number of benzene rings is 1. The fourth-order valence-corrected chi connectivity index (χ4v) is 4.10. The van der Waals surface area contributed by atoms with E-state index in [1.165, 1.54) is 22.7 Å². The minimum absolute atomic E-state index is 0.00854. The maximum atomic E-state index is 12.5. The summed E-state index contributed by atoms with van der Waals surface area (Å²) >= 11 is 0. The van der Waals surface area contributed by atoms with E-state index in [0.29, 0.717) is 24.8 Å². The topological polar surface area (TPSA) is 79.5 Å². The summed E-state index contributed by atoms with van der Waals surface area (Å²) in [5, 5.41) is 3.85. The molecule has 3 rings (SSSR count). The predicted molar refractivity (Wildman–Crippen MR) is 85.1 cm³/mol. The fourth-order valence-electron chi connectivity index (χ4n) is 2.94. The summed E-state index contributed by atoms with van der Waals surface area (Å²) in [6, 6.07) is 9.86. The number of hydrogen-bond acceptors (Lipinski definition) is 5. The van der Waals surface area contributed by atoms with Gasteiger partial charge in [-0.3, -0.25) is 0 Å². The van der Waals surface area contributed by atoms with E-state index in [2.05, 4.69) is 10.1 Å². The van der Waals surface area contributed by atoms with E-state index in [4.69, 9.17) is 4.52 Å². The highest BCUT2D eigenvalue weighted by Gasteiger charge is 2.43. The molecule has 1 aliphatic heterocycles. The third kappa shape index (κ3) is 3.01. The van der Waals surface area contributed by atoms with Crippen molar-refractivity contribution in [2.45, 2.75) is 18.8 Å². The van der Waals surface area contributed by atoms with Crippen LogP contribution in [0.1, 0.15) is 29.1 Å². The van der Waals surface area contributed by atoms with Crippen molar-refractivity contribution in [3.8, 4) is 0 Å². The Labute approximate surface area is 136 Å². The second-order valence-corrected chi connectivity index (χ2v) is 8.05. The maximum Gasteiger partial charge on any atom is 0.281 e. The third-order valence-electron chi connectivity index (χ3n) is 4.16. The molecule has 1 aliphatic rings. The quantitative estimate of drug-likeness (QED) is 0.842. The molecule has 1 saturated heterocycles. The van der Waals surface area contributed by atoms with Gasteiger partial charge in [-0.25, -0.2) is 0 Å². The van der Waals surface area contributed by atoms with Gasteiger partial charge in [0.15, 0.2) is 5.82 Å². The molecular formula is C15H20N4O3S. The van der Waals surface area contributed by atoms with Gasteiger partial charge in [-0.15, -0.1) is 0 Å². The van der Waals surface area contributed by atoms with Crippen molar-refractivity contribution in [3.05, 3.63) is 47.6 Å². The largest absolute Gasteiger partial charge is 0.339 e. The first-order valence-electron chi connectivity index (χ1n) is 7.42. The normalized spacial score (nSPS) is 22.8. The maximum absolute atomic E-state index is 12.5. The SMILES string of the molecule is Cc1noc(C2CN(S(=O)(=O)N(C)C)CC2c2ccccc2)n1. The van der Waals surface area contributed by atoms with E-state index < -0.39 is 10.2 Å². The highest BCUT2D eigenvalue weighted by atomic mass is 32.2. The van der Waals surface area contributed by atoms with E-state index in [-0.39, 0.29) is 11.8 Å². The molecule has 2 aromatic rings. The lowest BCUT2D eigenvalue weighted by Crippen LogP contribution is -2.38. The highest BCUT2D eigenvalue weighted by Crippen LogP contribution is 2.40. The van der Waals surface area contributed by atoms with Gasteiger partial charge in [0.2, 0.25) is 5.89 Å². The molecule has 2 heterocycles. The van der Waals surface area contributed by atoms with Crippen LogP contribution in [0.2, 0.25) is 0 Å². The van der Waals surface area contributed by atoms with E-state index in [9.17, 15) is 8.42 Å². The standard InChI is InChI=1S/C15H20N4O3S/c1-11-16-15(22-17-11)14-10-19(23(20,21)18(2)3)9-13(14)12-7-5-4-6-8-12/h4-8,13-14H,9-10H2,1-3H3. The molecule has 1 fully saturated rings. The molecule has 0 N–H and O–H groups in total. The molecule has 2 unspecified atom stereocenters. The first-order valence-corrected chi connectivity index (χ1v) is 8.82. The average molecular weight is 336 g/mol. The van der Waals surface area contributed by atoms with E-state index in [1.807, 2.05) is 30.3 Å². The lowest BCUT2D eigenvalue weighted by Gasteiger charge is -2.20. The van der Waals surface area contributed by atoms with Crippen LogP contribution in [0.5, 0.6) is 0 Å². The van der Waals surface area contributed by atoms with E-state index in [1.54, 1.807) is 6.92 Å². The van der Waals surface area contributed by atoms with Crippen LogP contribution in [0, 0.1) is 6.92 Å². The van der Waals surface area contributed by atoms with Crippen LogP contribution < -0.4 is 0 Å². The van der Waals surface area contributed by atoms with Crippen LogP contribution in [0.3, 0.4) is 0 Å². The van der Waals surface area contributed by atoms with Crippen LogP contribution in [0.25, 0.3) is 0 Å². The Morgan fingerprint density at radius 3 is 2.39 bits per heavy atom. The Bertz CT molecular complexity index is 773. The van der Waals surface area contributed by atoms with Gasteiger partial charge in [0.1, 0.15) is 0 Å². The van der Waals surface area contributed by atoms with Crippen LogP contribution in [-0.4, -0.2) is 54.4 Å². The van der Waals surface area contributed by atoms with Gasteiger partial charge in [0.05, 0.1) is 5.92 Å². The number of rotatable bonds is 4. The molecule has 0 bridgehead atoms. The van der Waals surface area contributed by atoms with Crippen LogP contribution >= 0.6 is 0 Å². The summed E-state index contributed by atoms with van der Waals surface area (Å²) in [7, 11) is -0.397. The van der Waals surface area contributed by atoms with Gasteiger partial charge >= 0.3 is 0 Å². The molecule has 0 spiro atoms. The average Bonchev–Trinajstić information content (AvgIpc) is 3.14. The van der Waals surface area contributed by atoms with Crippen molar-refractivity contribution in [3.63, 3.8) is 0 Å². The van der Waals surface area contributed by atoms with Crippen LogP contribution in [0.4, 0.5) is 0 Å². The molecule has 1 aromatic carbocycles. The zero-order valence-electron chi connectivity index (χ0n) is 13.4. The van der Waals surface area contributed by atoms with Gasteiger partial charge < -0.3 is 4.52 Å². The smallest absolute Gasteiger partial charge is 0.281 e. The second kappa shape index (κ2) is 6.03. The summed E-state index contributed by atoms with van der Waals surface area (Å²) in [5.41, 5.74) is 1.07. The molecule has 1 aromatic heterocycles. The minimum atomic E-state index is -3.47. The zero-order chi connectivity index (χ0) is 16.6. The minimum Gasteiger partial charge on any atom is -0.339 e. The van der Waals surface area contributed by atoms with Crippen molar-refractivity contribution in [2.75, 3.05) is 27.2 Å². The van der Waals surface area contributed by atoms with Crippen LogP contribution in [0.15, 0.2) is 34.9 Å². The molecule has 2 atom stereocenters. The molecule has 23 heavy (non-hydrogen) atoms. The summed E-state index contributed by atoms with van der Waals surface area (Å²) < 4.78 is 33.0. The Kier molecular flexibility index (Phi) is 4.22. The summed E-state index contributed by atoms with van der Waals surface area (Å²) in [4.78, 5) is 4.32. The third-order valence-corrected chi connectivity index (χ3v) is 6.04. The molecule has 0 amide bonds. The lowest BCUT2D eigenvalue weighted by molar-refractivity contribution is 0.344. The molecule has 124 valence electrons. The zero-order valence-corrected chi connectivity index (χ0v) is 14.2. The van der Waals surface area contributed by atoms with Gasteiger partial charge in [0.25, 0.3) is 10.2 Å². The molecule has 0 radical (unpaired) electrons. The highest BCUT2D eigenvalue weighted by molar-refractivity contribution is 7.86. The van der Waals surface area contributed by atoms with E-state index in [0.717, 1.165) is 5.56 Å². The van der Waals surface area contributed by atoms with Crippen molar-refractivity contribution in [2.24, 2.45) is 0 Å². The van der Waals surface area contributed by atoms with Crippen LogP contribution in [-0.2, 0) is 10.2 Å². The fraction of sp³-hybridized carbons (Fsp3) is 0.467. The van der Waals surface area contributed by atoms with Gasteiger partial charge in [-0.2, -0.15) is 22.0 Å². The van der Waals surface area contributed by atoms with Gasteiger partial charge in [-0.05, 0) is 12.5 Å². The summed E-state index contributed by atoms with van der Waals surface area (Å²) in [5.74, 6) is 0.896. The molecule has 0 aliphatic carbocycles. The molecule has 8 heteroatoms. The number of aryl methyl sites for hydroxylation is 1. The van der Waals surface area contributed by atoms with Crippen molar-refractivity contribution in [1.82, 2.24) is 18.8 Å². The molecule has 7 nitrogen and oxygen atoms in total. The van der Waals surface area contributed by atoms with Crippen molar-refractivity contribution < 1.29 is 12.9 Å². The molecule has 0 saturated carbocycles. The van der Waals surface area contributed by atoms with Crippen molar-refractivity contribution in [1.29, 1.82) is 0 Å². The number of aromatic nitrogens is 2. The Morgan fingerprint density at radius 2 is 1.83 bits per heavy atom. The first kappa shape index (κ1) is 16.1. The molecular weight excluding hydrogens is 316 g/mol.